The van der Waals surface area contributed by atoms with Crippen molar-refractivity contribution in [2.75, 3.05) is 0 Å². The van der Waals surface area contributed by atoms with Crippen LogP contribution in [0.15, 0.2) is 24.8 Å². The van der Waals surface area contributed by atoms with Crippen LogP contribution in [0.3, 0.4) is 0 Å². The number of benzene rings is 1. The highest BCUT2D eigenvalue weighted by molar-refractivity contribution is 5.85. The van der Waals surface area contributed by atoms with Crippen LogP contribution in [0.1, 0.15) is 30.0 Å². The van der Waals surface area contributed by atoms with E-state index in [9.17, 15) is 9.50 Å². The zero-order chi connectivity index (χ0) is 11.4. The Bertz CT molecular complexity index is 368. The number of rotatable bonds is 4. The number of nitrogens with two attached hydrogens (primary N) is 1. The summed E-state index contributed by atoms with van der Waals surface area (Å²) in [5.74, 6) is -0.485. The predicted octanol–water partition coefficient (Wildman–Crippen LogP) is 3.23. The lowest BCUT2D eigenvalue weighted by Crippen LogP contribution is -2.12. The van der Waals surface area contributed by atoms with E-state index in [1.54, 1.807) is 13.0 Å². The first-order chi connectivity index (χ1) is 7.07. The van der Waals surface area contributed by atoms with Gasteiger partial charge in [-0.3, -0.25) is 0 Å². The number of hydrogen-bond donors (Lipinski definition) is 2. The number of phenols is 1. The minimum Gasteiger partial charge on any atom is -0.507 e. The second-order valence-corrected chi connectivity index (χ2v) is 3.60. The molecule has 0 fully saturated rings. The Hall–Kier alpha value is -1.06. The van der Waals surface area contributed by atoms with Crippen LogP contribution in [0, 0.1) is 12.7 Å². The van der Waals surface area contributed by atoms with Gasteiger partial charge in [0.2, 0.25) is 0 Å². The van der Waals surface area contributed by atoms with E-state index in [1.165, 1.54) is 12.1 Å². The van der Waals surface area contributed by atoms with E-state index in [-0.39, 0.29) is 23.7 Å². The molecule has 16 heavy (non-hydrogen) atoms. The summed E-state index contributed by atoms with van der Waals surface area (Å²) in [7, 11) is 0. The molecule has 1 rings (SSSR count). The first-order valence-electron chi connectivity index (χ1n) is 4.92. The van der Waals surface area contributed by atoms with E-state index >= 15 is 0 Å². The van der Waals surface area contributed by atoms with Crippen LogP contribution in [0.5, 0.6) is 5.75 Å². The summed E-state index contributed by atoms with van der Waals surface area (Å²) in [6, 6.07) is 2.38. The summed E-state index contributed by atoms with van der Waals surface area (Å²) in [5.41, 5.74) is 6.65. The minimum atomic E-state index is -0.483. The Kier molecular flexibility index (Phi) is 6.08. The molecule has 0 amide bonds. The van der Waals surface area contributed by atoms with Crippen molar-refractivity contribution in [2.24, 2.45) is 5.73 Å². The van der Waals surface area contributed by atoms with Crippen molar-refractivity contribution in [3.8, 4) is 5.75 Å². The molecule has 0 spiro atoms. The van der Waals surface area contributed by atoms with E-state index in [0.29, 0.717) is 18.4 Å². The first kappa shape index (κ1) is 14.9. The van der Waals surface area contributed by atoms with Crippen LogP contribution in [-0.2, 0) is 0 Å². The highest BCUT2D eigenvalue weighted by atomic mass is 35.5. The van der Waals surface area contributed by atoms with E-state index in [0.717, 1.165) is 0 Å². The largest absolute Gasteiger partial charge is 0.507 e. The van der Waals surface area contributed by atoms with Crippen molar-refractivity contribution >= 4 is 12.4 Å². The molecule has 0 unspecified atom stereocenters. The quantitative estimate of drug-likeness (QED) is 0.800. The average Bonchev–Trinajstić information content (AvgIpc) is 2.21. The third kappa shape index (κ3) is 3.22. The topological polar surface area (TPSA) is 46.2 Å². The Balaban J connectivity index is 0.00000225. The fraction of sp³-hybridized carbons (Fsp3) is 0.333. The molecule has 3 N–H and O–H groups in total. The molecule has 0 saturated carbocycles. The molecule has 0 heterocycles. The molecule has 90 valence electrons. The highest BCUT2D eigenvalue weighted by Gasteiger charge is 2.16. The van der Waals surface area contributed by atoms with Crippen LogP contribution in [0.4, 0.5) is 4.39 Å². The minimum absolute atomic E-state index is 0. The first-order valence-corrected chi connectivity index (χ1v) is 4.92. The third-order valence-electron chi connectivity index (χ3n) is 2.42. The molecular formula is C12H17ClFNO. The SMILES string of the molecule is C=CCC[C@H](N)c1c(F)ccc(C)c1O.Cl. The number of aromatic hydroxyl groups is 1. The van der Waals surface area contributed by atoms with Gasteiger partial charge in [0.15, 0.2) is 0 Å². The fourth-order valence-corrected chi connectivity index (χ4v) is 1.49. The fourth-order valence-electron chi connectivity index (χ4n) is 1.49. The monoisotopic (exact) mass is 245 g/mol. The average molecular weight is 246 g/mol. The lowest BCUT2D eigenvalue weighted by atomic mass is 9.99. The van der Waals surface area contributed by atoms with Crippen LogP contribution in [0.25, 0.3) is 0 Å². The number of halogens is 2. The number of aryl methyl sites for hydroxylation is 1. The standard InChI is InChI=1S/C12H16FNO.ClH/c1-3-4-5-10(14)11-9(13)7-6-8(2)12(11)15;/h3,6-7,10,15H,1,4-5,14H2,2H3;1H/t10-;/m0./s1. The summed E-state index contributed by atoms with van der Waals surface area (Å²) in [4.78, 5) is 0. The summed E-state index contributed by atoms with van der Waals surface area (Å²) < 4.78 is 13.4. The van der Waals surface area contributed by atoms with Gasteiger partial charge in [-0.1, -0.05) is 12.1 Å². The van der Waals surface area contributed by atoms with Gasteiger partial charge in [-0.2, -0.15) is 0 Å². The lowest BCUT2D eigenvalue weighted by molar-refractivity contribution is 0.441. The van der Waals surface area contributed by atoms with Crippen molar-refractivity contribution in [1.29, 1.82) is 0 Å². The molecule has 0 aromatic heterocycles. The summed E-state index contributed by atoms with van der Waals surface area (Å²) in [5, 5.41) is 9.70. The van der Waals surface area contributed by atoms with Crippen molar-refractivity contribution in [2.45, 2.75) is 25.8 Å². The smallest absolute Gasteiger partial charge is 0.131 e. The molecule has 0 aliphatic rings. The van der Waals surface area contributed by atoms with Crippen molar-refractivity contribution < 1.29 is 9.50 Å². The number of hydrogen-bond acceptors (Lipinski definition) is 2. The van der Waals surface area contributed by atoms with Crippen molar-refractivity contribution in [1.82, 2.24) is 0 Å². The molecule has 0 radical (unpaired) electrons. The Morgan fingerprint density at radius 1 is 1.56 bits per heavy atom. The Labute approximate surface area is 101 Å². The maximum atomic E-state index is 13.4. The van der Waals surface area contributed by atoms with Gasteiger partial charge in [-0.15, -0.1) is 19.0 Å². The zero-order valence-corrected chi connectivity index (χ0v) is 10.1. The van der Waals surface area contributed by atoms with Gasteiger partial charge < -0.3 is 10.8 Å². The molecule has 0 bridgehead atoms. The highest BCUT2D eigenvalue weighted by Crippen LogP contribution is 2.31. The lowest BCUT2D eigenvalue weighted by Gasteiger charge is -2.15. The maximum Gasteiger partial charge on any atom is 0.131 e. The number of allylic oxidation sites excluding steroid dienone is 1. The summed E-state index contributed by atoms with van der Waals surface area (Å²) in [6.45, 7) is 5.30. The van der Waals surface area contributed by atoms with Gasteiger partial charge in [-0.25, -0.2) is 4.39 Å². The molecule has 0 aliphatic carbocycles. The molecule has 1 aromatic rings. The molecule has 1 atom stereocenters. The van der Waals surface area contributed by atoms with Crippen LogP contribution in [0.2, 0.25) is 0 Å². The molecule has 0 aliphatic heterocycles. The maximum absolute atomic E-state index is 13.4. The van der Waals surface area contributed by atoms with Crippen LogP contribution >= 0.6 is 12.4 Å². The van der Waals surface area contributed by atoms with Crippen LogP contribution in [-0.4, -0.2) is 5.11 Å². The summed E-state index contributed by atoms with van der Waals surface area (Å²) in [6.07, 6.45) is 3.01. The zero-order valence-electron chi connectivity index (χ0n) is 9.24. The van der Waals surface area contributed by atoms with E-state index in [2.05, 4.69) is 6.58 Å². The Morgan fingerprint density at radius 3 is 2.75 bits per heavy atom. The molecular weight excluding hydrogens is 229 g/mol. The van der Waals surface area contributed by atoms with E-state index < -0.39 is 11.9 Å². The van der Waals surface area contributed by atoms with Gasteiger partial charge >= 0.3 is 0 Å². The summed E-state index contributed by atoms with van der Waals surface area (Å²) >= 11 is 0. The number of phenolic OH excluding ortho intramolecular Hbond substituents is 1. The predicted molar refractivity (Wildman–Crippen MR) is 66.4 cm³/mol. The van der Waals surface area contributed by atoms with Gasteiger partial charge in [0, 0.05) is 11.6 Å². The van der Waals surface area contributed by atoms with Crippen molar-refractivity contribution in [3.05, 3.63) is 41.7 Å². The van der Waals surface area contributed by atoms with Gasteiger partial charge in [0.1, 0.15) is 11.6 Å². The normalized spacial score (nSPS) is 11.7. The molecule has 4 heteroatoms. The molecule has 1 aromatic carbocycles. The van der Waals surface area contributed by atoms with Crippen molar-refractivity contribution in [3.63, 3.8) is 0 Å². The van der Waals surface area contributed by atoms with E-state index in [4.69, 9.17) is 5.73 Å². The molecule has 2 nitrogen and oxygen atoms in total. The van der Waals surface area contributed by atoms with Gasteiger partial charge in [0.05, 0.1) is 0 Å². The van der Waals surface area contributed by atoms with E-state index in [1.807, 2.05) is 0 Å². The molecule has 0 saturated heterocycles. The Morgan fingerprint density at radius 2 is 2.19 bits per heavy atom. The second-order valence-electron chi connectivity index (χ2n) is 3.60. The second kappa shape index (κ2) is 6.51. The van der Waals surface area contributed by atoms with Gasteiger partial charge in [-0.05, 0) is 31.4 Å². The van der Waals surface area contributed by atoms with Gasteiger partial charge in [0.25, 0.3) is 0 Å². The third-order valence-corrected chi connectivity index (χ3v) is 2.42. The van der Waals surface area contributed by atoms with Crippen LogP contribution < -0.4 is 5.73 Å².